The molecule has 4 aromatic rings. The number of hydrogen-bond acceptors (Lipinski definition) is 6. The Labute approximate surface area is 195 Å². The fourth-order valence-corrected chi connectivity index (χ4v) is 3.40. The number of pyridine rings is 1. The van der Waals surface area contributed by atoms with Gasteiger partial charge in [-0.15, -0.1) is 0 Å². The van der Waals surface area contributed by atoms with Crippen LogP contribution in [0.15, 0.2) is 53.2 Å². The van der Waals surface area contributed by atoms with Crippen LogP contribution < -0.4 is 5.32 Å². The molecule has 0 aliphatic rings. The SMILES string of the molecule is CCNc1ccc(Cn2nc(-c3nc(-c4ccc(C(C)(C)C(F)(F)F)cc4)no3)cc2C)cn1. The molecule has 0 atom stereocenters. The molecule has 34 heavy (non-hydrogen) atoms. The van der Waals surface area contributed by atoms with E-state index in [9.17, 15) is 13.2 Å². The Balaban J connectivity index is 1.51. The van der Waals surface area contributed by atoms with Gasteiger partial charge in [-0.05, 0) is 51.0 Å². The highest BCUT2D eigenvalue weighted by molar-refractivity contribution is 5.58. The lowest BCUT2D eigenvalue weighted by Gasteiger charge is -2.28. The van der Waals surface area contributed by atoms with Crippen LogP contribution in [-0.4, -0.2) is 37.6 Å². The van der Waals surface area contributed by atoms with E-state index in [0.717, 1.165) is 37.5 Å². The van der Waals surface area contributed by atoms with Gasteiger partial charge in [0.2, 0.25) is 5.82 Å². The highest BCUT2D eigenvalue weighted by Gasteiger charge is 2.48. The number of nitrogens with one attached hydrogen (secondary N) is 1. The molecule has 0 unspecified atom stereocenters. The zero-order chi connectivity index (χ0) is 24.5. The lowest BCUT2D eigenvalue weighted by atomic mass is 9.83. The van der Waals surface area contributed by atoms with Gasteiger partial charge in [0, 0.05) is 24.0 Å². The van der Waals surface area contributed by atoms with E-state index in [-0.39, 0.29) is 17.3 Å². The Hall–Kier alpha value is -3.69. The van der Waals surface area contributed by atoms with E-state index in [1.54, 1.807) is 18.3 Å². The minimum atomic E-state index is -4.35. The van der Waals surface area contributed by atoms with E-state index < -0.39 is 11.6 Å². The molecule has 178 valence electrons. The van der Waals surface area contributed by atoms with Crippen molar-refractivity contribution in [3.8, 4) is 23.0 Å². The normalized spacial score (nSPS) is 12.2. The van der Waals surface area contributed by atoms with Crippen molar-refractivity contribution in [2.45, 2.75) is 45.8 Å². The second kappa shape index (κ2) is 8.92. The van der Waals surface area contributed by atoms with E-state index in [1.807, 2.05) is 36.7 Å². The summed E-state index contributed by atoms with van der Waals surface area (Å²) in [6, 6.07) is 11.7. The summed E-state index contributed by atoms with van der Waals surface area (Å²) in [6.07, 6.45) is -2.55. The van der Waals surface area contributed by atoms with Gasteiger partial charge in [-0.3, -0.25) is 4.68 Å². The molecule has 0 bridgehead atoms. The van der Waals surface area contributed by atoms with Crippen LogP contribution in [-0.2, 0) is 12.0 Å². The first-order valence-corrected chi connectivity index (χ1v) is 10.8. The van der Waals surface area contributed by atoms with Crippen LogP contribution in [0.2, 0.25) is 0 Å². The van der Waals surface area contributed by atoms with Crippen molar-refractivity contribution in [1.29, 1.82) is 0 Å². The predicted molar refractivity (Wildman–Crippen MR) is 122 cm³/mol. The third-order valence-corrected chi connectivity index (χ3v) is 5.71. The van der Waals surface area contributed by atoms with Crippen molar-refractivity contribution in [1.82, 2.24) is 24.9 Å². The summed E-state index contributed by atoms with van der Waals surface area (Å²) in [5, 5.41) is 11.7. The first kappa shape index (κ1) is 23.5. The standard InChI is InChI=1S/C24H25F3N6O/c1-5-28-20-11-6-16(13-29-20)14-33-15(2)12-19(31-33)22-30-21(32-34-22)17-7-9-18(10-8-17)23(3,4)24(25,26)27/h6-13H,5,14H2,1-4H3,(H,28,29). The third-order valence-electron chi connectivity index (χ3n) is 5.71. The molecule has 0 spiro atoms. The lowest BCUT2D eigenvalue weighted by Crippen LogP contribution is -2.36. The first-order valence-electron chi connectivity index (χ1n) is 10.8. The van der Waals surface area contributed by atoms with E-state index in [2.05, 4.69) is 25.5 Å². The van der Waals surface area contributed by atoms with E-state index in [1.165, 1.54) is 12.1 Å². The van der Waals surface area contributed by atoms with Crippen LogP contribution in [0.5, 0.6) is 0 Å². The van der Waals surface area contributed by atoms with Crippen molar-refractivity contribution >= 4 is 5.82 Å². The summed E-state index contributed by atoms with van der Waals surface area (Å²) in [7, 11) is 0. The number of nitrogens with zero attached hydrogens (tertiary/aromatic N) is 5. The maximum Gasteiger partial charge on any atom is 0.397 e. The van der Waals surface area contributed by atoms with Gasteiger partial charge in [-0.2, -0.15) is 23.3 Å². The van der Waals surface area contributed by atoms with Crippen LogP contribution in [0, 0.1) is 6.92 Å². The van der Waals surface area contributed by atoms with Gasteiger partial charge in [0.25, 0.3) is 5.89 Å². The molecule has 0 saturated heterocycles. The lowest BCUT2D eigenvalue weighted by molar-refractivity contribution is -0.180. The molecule has 7 nitrogen and oxygen atoms in total. The molecule has 3 heterocycles. The van der Waals surface area contributed by atoms with Gasteiger partial charge in [-0.25, -0.2) is 4.98 Å². The Bertz CT molecular complexity index is 1260. The van der Waals surface area contributed by atoms with Crippen molar-refractivity contribution < 1.29 is 17.7 Å². The monoisotopic (exact) mass is 470 g/mol. The molecule has 1 N–H and O–H groups in total. The highest BCUT2D eigenvalue weighted by atomic mass is 19.4. The van der Waals surface area contributed by atoms with Crippen LogP contribution in [0.4, 0.5) is 19.0 Å². The van der Waals surface area contributed by atoms with Crippen LogP contribution in [0.25, 0.3) is 23.0 Å². The Morgan fingerprint density at radius 1 is 1.06 bits per heavy atom. The molecule has 0 radical (unpaired) electrons. The largest absolute Gasteiger partial charge is 0.397 e. The summed E-state index contributed by atoms with van der Waals surface area (Å²) in [4.78, 5) is 8.76. The highest BCUT2D eigenvalue weighted by Crippen LogP contribution is 2.40. The van der Waals surface area contributed by atoms with Crippen molar-refractivity contribution in [2.75, 3.05) is 11.9 Å². The summed E-state index contributed by atoms with van der Waals surface area (Å²) >= 11 is 0. The van der Waals surface area contributed by atoms with Crippen LogP contribution >= 0.6 is 0 Å². The first-order chi connectivity index (χ1) is 16.1. The van der Waals surface area contributed by atoms with Crippen molar-refractivity contribution in [2.24, 2.45) is 0 Å². The second-order valence-corrected chi connectivity index (χ2v) is 8.53. The van der Waals surface area contributed by atoms with Gasteiger partial charge < -0.3 is 9.84 Å². The molecule has 0 fully saturated rings. The number of alkyl halides is 3. The number of hydrogen-bond donors (Lipinski definition) is 1. The predicted octanol–water partition coefficient (Wildman–Crippen LogP) is 5.62. The Morgan fingerprint density at radius 3 is 2.41 bits per heavy atom. The number of anilines is 1. The van der Waals surface area contributed by atoms with E-state index in [0.29, 0.717) is 17.8 Å². The van der Waals surface area contributed by atoms with Crippen LogP contribution in [0.1, 0.15) is 37.6 Å². The smallest absolute Gasteiger partial charge is 0.370 e. The minimum Gasteiger partial charge on any atom is -0.370 e. The quantitative estimate of drug-likeness (QED) is 0.377. The average Bonchev–Trinajstić information content (AvgIpc) is 3.42. The van der Waals surface area contributed by atoms with Crippen LogP contribution in [0.3, 0.4) is 0 Å². The number of halogens is 3. The summed E-state index contributed by atoms with van der Waals surface area (Å²) in [5.74, 6) is 1.33. The molecule has 0 amide bonds. The molecule has 10 heteroatoms. The number of aromatic nitrogens is 5. The Kier molecular flexibility index (Phi) is 6.16. The second-order valence-electron chi connectivity index (χ2n) is 8.53. The molecule has 4 rings (SSSR count). The topological polar surface area (TPSA) is 81.7 Å². The molecular formula is C24H25F3N6O. The Morgan fingerprint density at radius 2 is 1.79 bits per heavy atom. The van der Waals surface area contributed by atoms with Gasteiger partial charge in [0.05, 0.1) is 12.0 Å². The molecule has 1 aromatic carbocycles. The fraction of sp³-hybridized carbons (Fsp3) is 0.333. The summed E-state index contributed by atoms with van der Waals surface area (Å²) < 4.78 is 47.1. The summed E-state index contributed by atoms with van der Waals surface area (Å²) in [5.41, 5.74) is 1.18. The molecular weight excluding hydrogens is 445 g/mol. The van der Waals surface area contributed by atoms with Gasteiger partial charge in [0.1, 0.15) is 5.82 Å². The molecule has 3 aromatic heterocycles. The third kappa shape index (κ3) is 4.66. The van der Waals surface area contributed by atoms with Crippen molar-refractivity contribution in [3.05, 3.63) is 65.5 Å². The van der Waals surface area contributed by atoms with Gasteiger partial charge >= 0.3 is 6.18 Å². The number of rotatable bonds is 7. The fourth-order valence-electron chi connectivity index (χ4n) is 3.40. The van der Waals surface area contributed by atoms with Gasteiger partial charge in [-0.1, -0.05) is 35.5 Å². The maximum atomic E-state index is 13.3. The zero-order valence-corrected chi connectivity index (χ0v) is 19.3. The zero-order valence-electron chi connectivity index (χ0n) is 19.3. The molecule has 0 aliphatic carbocycles. The average molecular weight is 470 g/mol. The summed E-state index contributed by atoms with van der Waals surface area (Å²) in [6.45, 7) is 7.57. The van der Waals surface area contributed by atoms with Crippen molar-refractivity contribution in [3.63, 3.8) is 0 Å². The minimum absolute atomic E-state index is 0.162. The molecule has 0 saturated carbocycles. The van der Waals surface area contributed by atoms with E-state index in [4.69, 9.17) is 4.52 Å². The maximum absolute atomic E-state index is 13.3. The number of benzene rings is 1. The van der Waals surface area contributed by atoms with Gasteiger partial charge in [0.15, 0.2) is 5.69 Å². The molecule has 0 aliphatic heterocycles. The van der Waals surface area contributed by atoms with E-state index >= 15 is 0 Å². The number of aryl methyl sites for hydroxylation is 1.